The fraction of sp³-hybridized carbons (Fsp3) is 0.562. The van der Waals surface area contributed by atoms with E-state index < -0.39 is 0 Å². The number of benzene rings is 1. The summed E-state index contributed by atoms with van der Waals surface area (Å²) >= 11 is 0. The van der Waals surface area contributed by atoms with Gasteiger partial charge in [0.05, 0.1) is 5.69 Å². The maximum Gasteiger partial charge on any atom is 0.324 e. The third-order valence-electron chi connectivity index (χ3n) is 4.64. The summed E-state index contributed by atoms with van der Waals surface area (Å²) in [6.07, 6.45) is 3.21. The minimum Gasteiger partial charge on any atom is -0.321 e. The van der Waals surface area contributed by atoms with Crippen LogP contribution in [0.4, 0.5) is 10.5 Å². The van der Waals surface area contributed by atoms with Crippen LogP contribution in [-0.4, -0.2) is 30.1 Å². The van der Waals surface area contributed by atoms with Crippen LogP contribution < -0.4 is 10.6 Å². The minimum absolute atomic E-state index is 0.107. The number of carbonyl (C=O) groups excluding carboxylic acids is 1. The molecule has 0 spiro atoms. The van der Waals surface area contributed by atoms with Crippen molar-refractivity contribution in [3.05, 3.63) is 29.8 Å². The fourth-order valence-electron chi connectivity index (χ4n) is 3.21. The van der Waals surface area contributed by atoms with Crippen molar-refractivity contribution in [2.24, 2.45) is 5.73 Å². The molecule has 0 unspecified atom stereocenters. The first-order valence-corrected chi connectivity index (χ1v) is 7.49. The highest BCUT2D eigenvalue weighted by atomic mass is 16.2. The Morgan fingerprint density at radius 2 is 1.90 bits per heavy atom. The maximum atomic E-state index is 12.5. The number of urea groups is 1. The Morgan fingerprint density at radius 1 is 1.20 bits per heavy atom. The normalized spacial score (nSPS) is 21.5. The number of hydrogen-bond donors (Lipinski definition) is 1. The van der Waals surface area contributed by atoms with E-state index in [-0.39, 0.29) is 17.6 Å². The molecule has 0 atom stereocenters. The van der Waals surface area contributed by atoms with Crippen LogP contribution in [0.15, 0.2) is 24.3 Å². The molecule has 2 amide bonds. The molecular weight excluding hydrogens is 250 g/mol. The van der Waals surface area contributed by atoms with E-state index in [1.807, 2.05) is 28.0 Å². The predicted molar refractivity (Wildman–Crippen MR) is 80.7 cm³/mol. The zero-order valence-electron chi connectivity index (χ0n) is 12.3. The molecule has 2 fully saturated rings. The van der Waals surface area contributed by atoms with E-state index in [1.54, 1.807) is 0 Å². The van der Waals surface area contributed by atoms with Gasteiger partial charge >= 0.3 is 6.03 Å². The van der Waals surface area contributed by atoms with Crippen molar-refractivity contribution in [2.75, 3.05) is 18.0 Å². The summed E-state index contributed by atoms with van der Waals surface area (Å²) in [5.74, 6) is 0. The summed E-state index contributed by atoms with van der Waals surface area (Å²) in [5, 5.41) is 0. The smallest absolute Gasteiger partial charge is 0.321 e. The molecule has 1 saturated heterocycles. The molecule has 1 saturated carbocycles. The van der Waals surface area contributed by atoms with Gasteiger partial charge in [-0.2, -0.15) is 0 Å². The maximum absolute atomic E-state index is 12.5. The molecule has 0 radical (unpaired) electrons. The van der Waals surface area contributed by atoms with Crippen LogP contribution in [0.2, 0.25) is 0 Å². The molecule has 1 aromatic rings. The SMILES string of the molecule is CC(C)N1CCN(c2ccccc2C2(N)CCC2)C1=O. The van der Waals surface area contributed by atoms with Gasteiger partial charge in [-0.1, -0.05) is 18.2 Å². The van der Waals surface area contributed by atoms with Crippen LogP contribution in [-0.2, 0) is 5.54 Å². The first kappa shape index (κ1) is 13.4. The number of hydrogen-bond acceptors (Lipinski definition) is 2. The van der Waals surface area contributed by atoms with Crippen molar-refractivity contribution in [3.8, 4) is 0 Å². The molecule has 2 N–H and O–H groups in total. The van der Waals surface area contributed by atoms with Crippen LogP contribution in [0.3, 0.4) is 0 Å². The summed E-state index contributed by atoms with van der Waals surface area (Å²) in [6, 6.07) is 8.48. The van der Waals surface area contributed by atoms with Gasteiger partial charge in [0.2, 0.25) is 0 Å². The zero-order chi connectivity index (χ0) is 14.3. The van der Waals surface area contributed by atoms with Crippen molar-refractivity contribution in [1.82, 2.24) is 4.90 Å². The van der Waals surface area contributed by atoms with Gasteiger partial charge in [0.1, 0.15) is 0 Å². The lowest BCUT2D eigenvalue weighted by Crippen LogP contribution is -2.45. The number of nitrogens with two attached hydrogens (primary N) is 1. The molecule has 20 heavy (non-hydrogen) atoms. The Balaban J connectivity index is 1.94. The van der Waals surface area contributed by atoms with Gasteiger partial charge in [0.15, 0.2) is 0 Å². The molecule has 3 rings (SSSR count). The number of carbonyl (C=O) groups is 1. The van der Waals surface area contributed by atoms with Gasteiger partial charge in [0, 0.05) is 24.7 Å². The Hall–Kier alpha value is -1.55. The first-order chi connectivity index (χ1) is 9.53. The van der Waals surface area contributed by atoms with Crippen LogP contribution in [0.5, 0.6) is 0 Å². The number of nitrogens with zero attached hydrogens (tertiary/aromatic N) is 2. The van der Waals surface area contributed by atoms with Crippen molar-refractivity contribution >= 4 is 11.7 Å². The lowest BCUT2D eigenvalue weighted by atomic mass is 9.72. The second kappa shape index (κ2) is 4.77. The summed E-state index contributed by atoms with van der Waals surface area (Å²) in [6.45, 7) is 5.67. The van der Waals surface area contributed by atoms with Crippen molar-refractivity contribution in [3.63, 3.8) is 0 Å². The summed E-state index contributed by atoms with van der Waals surface area (Å²) in [7, 11) is 0. The Kier molecular flexibility index (Phi) is 3.21. The van der Waals surface area contributed by atoms with Crippen molar-refractivity contribution in [1.29, 1.82) is 0 Å². The average molecular weight is 273 g/mol. The molecule has 1 aliphatic heterocycles. The summed E-state index contributed by atoms with van der Waals surface area (Å²) in [4.78, 5) is 16.4. The highest BCUT2D eigenvalue weighted by Gasteiger charge is 2.39. The molecule has 1 heterocycles. The predicted octanol–water partition coefficient (Wildman–Crippen LogP) is 2.67. The Labute approximate surface area is 120 Å². The van der Waals surface area contributed by atoms with E-state index in [0.717, 1.165) is 37.2 Å². The molecule has 1 aromatic carbocycles. The molecule has 1 aliphatic carbocycles. The van der Waals surface area contributed by atoms with Gasteiger partial charge < -0.3 is 10.6 Å². The molecule has 0 bridgehead atoms. The molecule has 108 valence electrons. The lowest BCUT2D eigenvalue weighted by molar-refractivity contribution is 0.208. The molecular formula is C16H23N3O. The molecule has 4 nitrogen and oxygen atoms in total. The van der Waals surface area contributed by atoms with E-state index in [9.17, 15) is 4.79 Å². The van der Waals surface area contributed by atoms with E-state index in [0.29, 0.717) is 0 Å². The monoisotopic (exact) mass is 273 g/mol. The van der Waals surface area contributed by atoms with Crippen molar-refractivity contribution < 1.29 is 4.79 Å². The standard InChI is InChI=1S/C16H23N3O/c1-12(2)18-10-11-19(15(18)20)14-7-4-3-6-13(14)16(17)8-5-9-16/h3-4,6-7,12H,5,8-11,17H2,1-2H3. The van der Waals surface area contributed by atoms with Gasteiger partial charge in [-0.25, -0.2) is 4.79 Å². The Bertz CT molecular complexity index is 522. The number of amides is 2. The van der Waals surface area contributed by atoms with Crippen molar-refractivity contribution in [2.45, 2.75) is 44.7 Å². The van der Waals surface area contributed by atoms with Crippen LogP contribution in [0, 0.1) is 0 Å². The fourth-order valence-corrected chi connectivity index (χ4v) is 3.21. The van der Waals surface area contributed by atoms with E-state index in [4.69, 9.17) is 5.73 Å². The highest BCUT2D eigenvalue weighted by Crippen LogP contribution is 2.43. The first-order valence-electron chi connectivity index (χ1n) is 7.49. The second-order valence-corrected chi connectivity index (χ2v) is 6.25. The molecule has 4 heteroatoms. The van der Waals surface area contributed by atoms with E-state index >= 15 is 0 Å². The number of anilines is 1. The van der Waals surface area contributed by atoms with E-state index in [1.165, 1.54) is 6.42 Å². The highest BCUT2D eigenvalue weighted by molar-refractivity contribution is 5.95. The lowest BCUT2D eigenvalue weighted by Gasteiger charge is -2.40. The van der Waals surface area contributed by atoms with Crippen LogP contribution >= 0.6 is 0 Å². The topological polar surface area (TPSA) is 49.6 Å². The van der Waals surface area contributed by atoms with Gasteiger partial charge in [0.25, 0.3) is 0 Å². The summed E-state index contributed by atoms with van der Waals surface area (Å²) in [5.41, 5.74) is 8.38. The molecule has 2 aliphatic rings. The summed E-state index contributed by atoms with van der Waals surface area (Å²) < 4.78 is 0. The van der Waals surface area contributed by atoms with Gasteiger partial charge in [-0.3, -0.25) is 4.90 Å². The minimum atomic E-state index is -0.234. The van der Waals surface area contributed by atoms with Gasteiger partial charge in [-0.05, 0) is 44.7 Å². The van der Waals surface area contributed by atoms with Crippen LogP contribution in [0.25, 0.3) is 0 Å². The number of para-hydroxylation sites is 1. The molecule has 0 aromatic heterocycles. The third kappa shape index (κ3) is 1.99. The average Bonchev–Trinajstić information content (AvgIpc) is 2.78. The van der Waals surface area contributed by atoms with E-state index in [2.05, 4.69) is 19.9 Å². The van der Waals surface area contributed by atoms with Gasteiger partial charge in [-0.15, -0.1) is 0 Å². The number of rotatable bonds is 3. The Morgan fingerprint density at radius 3 is 2.45 bits per heavy atom. The quantitative estimate of drug-likeness (QED) is 0.920. The largest absolute Gasteiger partial charge is 0.324 e. The second-order valence-electron chi connectivity index (χ2n) is 6.25. The zero-order valence-corrected chi connectivity index (χ0v) is 12.3. The third-order valence-corrected chi connectivity index (χ3v) is 4.64. The van der Waals surface area contributed by atoms with Crippen LogP contribution in [0.1, 0.15) is 38.7 Å².